The molecule has 1 aromatic carbocycles. The first kappa shape index (κ1) is 19.5. The van der Waals surface area contributed by atoms with E-state index in [0.717, 1.165) is 5.57 Å². The second-order valence-corrected chi connectivity index (χ2v) is 4.78. The fraction of sp³-hybridized carbons (Fsp3) is 0.286. The van der Waals surface area contributed by atoms with E-state index in [4.69, 9.17) is 17.3 Å². The van der Waals surface area contributed by atoms with Crippen LogP contribution in [-0.2, 0) is 0 Å². The minimum Gasteiger partial charge on any atom is -0.370 e. The number of nitrogens with zero attached hydrogens (tertiary/aromatic N) is 1. The Morgan fingerprint density at radius 1 is 1.29 bits per heavy atom. The first-order chi connectivity index (χ1) is 9.49. The minimum absolute atomic E-state index is 0. The molecule has 7 heteroatoms. The SMILES string of the molecule is Br.C=C(C)CN=C(N)NCCNC(=O)c1ccc(Cl)cc1. The molecule has 4 N–H and O–H groups in total. The summed E-state index contributed by atoms with van der Waals surface area (Å²) in [6.07, 6.45) is 0. The van der Waals surface area contributed by atoms with Crippen molar-refractivity contribution in [3.63, 3.8) is 0 Å². The number of carbonyl (C=O) groups excluding carboxylic acids is 1. The first-order valence-electron chi connectivity index (χ1n) is 6.21. The predicted octanol–water partition coefficient (Wildman–Crippen LogP) is 2.13. The summed E-state index contributed by atoms with van der Waals surface area (Å²) in [6, 6.07) is 6.70. The number of aliphatic imine (C=N–C) groups is 1. The molecular formula is C14H20BrClN4O. The Morgan fingerprint density at radius 2 is 1.86 bits per heavy atom. The highest BCUT2D eigenvalue weighted by atomic mass is 79.9. The molecule has 0 saturated heterocycles. The van der Waals surface area contributed by atoms with Crippen molar-refractivity contribution < 1.29 is 4.79 Å². The number of nitrogens with one attached hydrogen (secondary N) is 2. The monoisotopic (exact) mass is 374 g/mol. The van der Waals surface area contributed by atoms with E-state index in [1.165, 1.54) is 0 Å². The molecule has 116 valence electrons. The molecule has 0 spiro atoms. The zero-order valence-electron chi connectivity index (χ0n) is 11.9. The van der Waals surface area contributed by atoms with E-state index in [9.17, 15) is 4.79 Å². The second kappa shape index (κ2) is 10.2. The summed E-state index contributed by atoms with van der Waals surface area (Å²) in [5, 5.41) is 6.27. The Balaban J connectivity index is 0.00000400. The lowest BCUT2D eigenvalue weighted by atomic mass is 10.2. The highest BCUT2D eigenvalue weighted by Gasteiger charge is 2.03. The van der Waals surface area contributed by atoms with Gasteiger partial charge in [0.2, 0.25) is 0 Å². The van der Waals surface area contributed by atoms with Gasteiger partial charge < -0.3 is 16.4 Å². The molecule has 0 aliphatic heterocycles. The average Bonchev–Trinajstić information content (AvgIpc) is 2.42. The van der Waals surface area contributed by atoms with Gasteiger partial charge in [0.25, 0.3) is 5.91 Å². The Bertz CT molecular complexity index is 502. The van der Waals surface area contributed by atoms with Gasteiger partial charge in [0.1, 0.15) is 0 Å². The molecule has 0 atom stereocenters. The van der Waals surface area contributed by atoms with E-state index in [1.807, 2.05) is 6.92 Å². The molecule has 1 rings (SSSR count). The maximum Gasteiger partial charge on any atom is 0.251 e. The molecular weight excluding hydrogens is 356 g/mol. The number of carbonyl (C=O) groups is 1. The third kappa shape index (κ3) is 8.37. The molecule has 0 radical (unpaired) electrons. The van der Waals surface area contributed by atoms with Gasteiger partial charge in [-0.1, -0.05) is 23.8 Å². The van der Waals surface area contributed by atoms with Crippen LogP contribution in [0.5, 0.6) is 0 Å². The number of halogens is 2. The first-order valence-corrected chi connectivity index (χ1v) is 6.59. The van der Waals surface area contributed by atoms with Crippen molar-refractivity contribution in [2.45, 2.75) is 6.92 Å². The summed E-state index contributed by atoms with van der Waals surface area (Å²) in [5.74, 6) is 0.189. The van der Waals surface area contributed by atoms with E-state index < -0.39 is 0 Å². The van der Waals surface area contributed by atoms with Crippen LogP contribution in [0.1, 0.15) is 17.3 Å². The Morgan fingerprint density at radius 3 is 2.43 bits per heavy atom. The van der Waals surface area contributed by atoms with Gasteiger partial charge in [-0.2, -0.15) is 0 Å². The molecule has 5 nitrogen and oxygen atoms in total. The summed E-state index contributed by atoms with van der Waals surface area (Å²) in [4.78, 5) is 15.8. The van der Waals surface area contributed by atoms with Gasteiger partial charge in [-0.05, 0) is 31.2 Å². The lowest BCUT2D eigenvalue weighted by molar-refractivity contribution is 0.0954. The van der Waals surface area contributed by atoms with Gasteiger partial charge >= 0.3 is 0 Å². The number of hydrogen-bond acceptors (Lipinski definition) is 2. The van der Waals surface area contributed by atoms with Crippen LogP contribution in [0.4, 0.5) is 0 Å². The maximum absolute atomic E-state index is 11.8. The largest absolute Gasteiger partial charge is 0.370 e. The van der Waals surface area contributed by atoms with E-state index in [1.54, 1.807) is 24.3 Å². The number of guanidine groups is 1. The second-order valence-electron chi connectivity index (χ2n) is 4.35. The van der Waals surface area contributed by atoms with Gasteiger partial charge in [0.05, 0.1) is 6.54 Å². The van der Waals surface area contributed by atoms with Crippen molar-refractivity contribution in [1.29, 1.82) is 0 Å². The average molecular weight is 376 g/mol. The van der Waals surface area contributed by atoms with Crippen LogP contribution in [0.25, 0.3) is 0 Å². The number of benzene rings is 1. The fourth-order valence-corrected chi connectivity index (χ4v) is 1.47. The molecule has 1 amide bonds. The zero-order valence-corrected chi connectivity index (χ0v) is 14.3. The Kier molecular flexibility index (Phi) is 9.49. The van der Waals surface area contributed by atoms with Gasteiger partial charge in [-0.15, -0.1) is 17.0 Å². The molecule has 0 unspecified atom stereocenters. The normalized spacial score (nSPS) is 10.5. The molecule has 0 fully saturated rings. The van der Waals surface area contributed by atoms with Crippen molar-refractivity contribution in [2.75, 3.05) is 19.6 Å². The van der Waals surface area contributed by atoms with Crippen LogP contribution in [0, 0.1) is 0 Å². The summed E-state index contributed by atoms with van der Waals surface area (Å²) in [7, 11) is 0. The Labute approximate surface area is 140 Å². The van der Waals surface area contributed by atoms with Crippen LogP contribution in [0.2, 0.25) is 5.02 Å². The van der Waals surface area contributed by atoms with Crippen LogP contribution >= 0.6 is 28.6 Å². The summed E-state index contributed by atoms with van der Waals surface area (Å²) >= 11 is 5.75. The lowest BCUT2D eigenvalue weighted by Gasteiger charge is -2.07. The highest BCUT2D eigenvalue weighted by molar-refractivity contribution is 8.93. The topological polar surface area (TPSA) is 79.5 Å². The van der Waals surface area contributed by atoms with Gasteiger partial charge in [0.15, 0.2) is 5.96 Å². The van der Waals surface area contributed by atoms with E-state index in [2.05, 4.69) is 22.2 Å². The fourth-order valence-electron chi connectivity index (χ4n) is 1.35. The smallest absolute Gasteiger partial charge is 0.251 e. The van der Waals surface area contributed by atoms with Crippen molar-refractivity contribution in [1.82, 2.24) is 10.6 Å². The minimum atomic E-state index is -0.152. The summed E-state index contributed by atoms with van der Waals surface area (Å²) in [6.45, 7) is 7.06. The Hall–Kier alpha value is -1.53. The van der Waals surface area contributed by atoms with Crippen LogP contribution in [-0.4, -0.2) is 31.5 Å². The van der Waals surface area contributed by atoms with E-state index in [-0.39, 0.29) is 22.9 Å². The van der Waals surface area contributed by atoms with Crippen molar-refractivity contribution in [2.24, 2.45) is 10.7 Å². The summed E-state index contributed by atoms with van der Waals surface area (Å²) in [5.41, 5.74) is 7.14. The van der Waals surface area contributed by atoms with Gasteiger partial charge in [-0.25, -0.2) is 4.99 Å². The van der Waals surface area contributed by atoms with Crippen molar-refractivity contribution in [3.8, 4) is 0 Å². The van der Waals surface area contributed by atoms with Crippen LogP contribution in [0.15, 0.2) is 41.4 Å². The van der Waals surface area contributed by atoms with E-state index >= 15 is 0 Å². The zero-order chi connectivity index (χ0) is 15.0. The molecule has 0 aromatic heterocycles. The molecule has 0 aliphatic carbocycles. The highest BCUT2D eigenvalue weighted by Crippen LogP contribution is 2.08. The number of nitrogens with two attached hydrogens (primary N) is 1. The third-order valence-corrected chi connectivity index (χ3v) is 2.59. The van der Waals surface area contributed by atoms with Crippen LogP contribution < -0.4 is 16.4 Å². The van der Waals surface area contributed by atoms with Gasteiger partial charge in [0, 0.05) is 23.7 Å². The molecule has 21 heavy (non-hydrogen) atoms. The predicted molar refractivity (Wildman–Crippen MR) is 93.4 cm³/mol. The molecule has 0 saturated carbocycles. The van der Waals surface area contributed by atoms with Crippen molar-refractivity contribution in [3.05, 3.63) is 47.0 Å². The number of hydrogen-bond donors (Lipinski definition) is 3. The van der Waals surface area contributed by atoms with Crippen LogP contribution in [0.3, 0.4) is 0 Å². The molecule has 0 aliphatic rings. The number of rotatable bonds is 6. The number of amides is 1. The summed E-state index contributed by atoms with van der Waals surface area (Å²) < 4.78 is 0. The lowest BCUT2D eigenvalue weighted by Crippen LogP contribution is -2.38. The third-order valence-electron chi connectivity index (χ3n) is 2.34. The standard InChI is InChI=1S/C14H19ClN4O.BrH/c1-10(2)9-19-14(16)18-8-7-17-13(20)11-3-5-12(15)6-4-11;/h3-6H,1,7-9H2,2H3,(H,17,20)(H3,16,18,19);1H. The molecule has 0 bridgehead atoms. The molecule has 0 heterocycles. The quantitative estimate of drug-likeness (QED) is 0.308. The maximum atomic E-state index is 11.8. The van der Waals surface area contributed by atoms with Gasteiger partial charge in [-0.3, -0.25) is 4.79 Å². The van der Waals surface area contributed by atoms with Crippen molar-refractivity contribution >= 4 is 40.4 Å². The van der Waals surface area contributed by atoms with E-state index in [0.29, 0.717) is 36.2 Å². The molecule has 1 aromatic rings.